The van der Waals surface area contributed by atoms with Crippen LogP contribution in [0, 0.1) is 5.92 Å². The summed E-state index contributed by atoms with van der Waals surface area (Å²) in [4.78, 5) is 18.9. The molecule has 0 aliphatic heterocycles. The van der Waals surface area contributed by atoms with Gasteiger partial charge in [-0.05, 0) is 46.8 Å². The standard InChI is InChI=1S/C15H21BrN2O/c1-11(2)10-18(13-5-3-4-6-13)15(19)14-8-7-12(16)9-17-14/h7-9,11,13H,3-6,10H2,1-2H3. The number of carbonyl (C=O) groups is 1. The normalized spacial score (nSPS) is 16.0. The van der Waals surface area contributed by atoms with Crippen LogP contribution in [-0.2, 0) is 0 Å². The zero-order valence-corrected chi connectivity index (χ0v) is 13.2. The van der Waals surface area contributed by atoms with Crippen molar-refractivity contribution in [1.82, 2.24) is 9.88 Å². The van der Waals surface area contributed by atoms with Gasteiger partial charge in [-0.25, -0.2) is 4.98 Å². The Morgan fingerprint density at radius 3 is 2.63 bits per heavy atom. The quantitative estimate of drug-likeness (QED) is 0.841. The third-order valence-electron chi connectivity index (χ3n) is 3.53. The van der Waals surface area contributed by atoms with Gasteiger partial charge in [-0.2, -0.15) is 0 Å². The molecule has 0 bridgehead atoms. The number of aromatic nitrogens is 1. The summed E-state index contributed by atoms with van der Waals surface area (Å²) in [6, 6.07) is 4.08. The van der Waals surface area contributed by atoms with E-state index in [2.05, 4.69) is 34.8 Å². The van der Waals surface area contributed by atoms with Crippen LogP contribution < -0.4 is 0 Å². The van der Waals surface area contributed by atoms with Crippen LogP contribution >= 0.6 is 15.9 Å². The molecule has 1 heterocycles. The minimum atomic E-state index is 0.0769. The first kappa shape index (κ1) is 14.5. The third-order valence-corrected chi connectivity index (χ3v) is 4.00. The SMILES string of the molecule is CC(C)CN(C(=O)c1ccc(Br)cn1)C1CCCC1. The van der Waals surface area contributed by atoms with Gasteiger partial charge in [-0.1, -0.05) is 26.7 Å². The Bertz CT molecular complexity index is 424. The highest BCUT2D eigenvalue weighted by atomic mass is 79.9. The van der Waals surface area contributed by atoms with Crippen LogP contribution in [0.15, 0.2) is 22.8 Å². The number of hydrogen-bond acceptors (Lipinski definition) is 2. The first-order valence-corrected chi connectivity index (χ1v) is 7.79. The Morgan fingerprint density at radius 2 is 2.11 bits per heavy atom. The van der Waals surface area contributed by atoms with E-state index in [1.807, 2.05) is 11.0 Å². The summed E-state index contributed by atoms with van der Waals surface area (Å²) in [7, 11) is 0. The Hall–Kier alpha value is -0.900. The number of pyridine rings is 1. The largest absolute Gasteiger partial charge is 0.334 e. The lowest BCUT2D eigenvalue weighted by Crippen LogP contribution is -2.41. The predicted octanol–water partition coefficient (Wildman–Crippen LogP) is 3.88. The van der Waals surface area contributed by atoms with Crippen molar-refractivity contribution in [2.45, 2.75) is 45.6 Å². The van der Waals surface area contributed by atoms with Crippen molar-refractivity contribution in [2.24, 2.45) is 5.92 Å². The molecule has 1 fully saturated rings. The predicted molar refractivity (Wildman–Crippen MR) is 80.1 cm³/mol. The van der Waals surface area contributed by atoms with Crippen LogP contribution in [0.5, 0.6) is 0 Å². The second-order valence-electron chi connectivity index (χ2n) is 5.65. The van der Waals surface area contributed by atoms with Gasteiger partial charge in [0.1, 0.15) is 5.69 Å². The summed E-state index contributed by atoms with van der Waals surface area (Å²) in [6.45, 7) is 5.13. The molecule has 0 spiro atoms. The first-order valence-electron chi connectivity index (χ1n) is 7.00. The van der Waals surface area contributed by atoms with Gasteiger partial charge in [0.25, 0.3) is 5.91 Å². The molecule has 1 amide bonds. The fourth-order valence-electron chi connectivity index (χ4n) is 2.66. The molecule has 0 aromatic carbocycles. The number of nitrogens with zero attached hydrogens (tertiary/aromatic N) is 2. The Labute approximate surface area is 123 Å². The minimum absolute atomic E-state index is 0.0769. The zero-order valence-electron chi connectivity index (χ0n) is 11.6. The average Bonchev–Trinajstić information content (AvgIpc) is 2.89. The average molecular weight is 325 g/mol. The lowest BCUT2D eigenvalue weighted by molar-refractivity contribution is 0.0649. The number of amides is 1. The Balaban J connectivity index is 2.16. The molecular formula is C15H21BrN2O. The first-order chi connectivity index (χ1) is 9.08. The number of carbonyl (C=O) groups excluding carboxylic acids is 1. The topological polar surface area (TPSA) is 33.2 Å². The molecule has 0 atom stereocenters. The molecule has 1 aromatic heterocycles. The maximum Gasteiger partial charge on any atom is 0.272 e. The van der Waals surface area contributed by atoms with Gasteiger partial charge < -0.3 is 4.90 Å². The van der Waals surface area contributed by atoms with Crippen LogP contribution in [-0.4, -0.2) is 28.4 Å². The zero-order chi connectivity index (χ0) is 13.8. The van der Waals surface area contributed by atoms with E-state index in [0.29, 0.717) is 17.7 Å². The van der Waals surface area contributed by atoms with Gasteiger partial charge in [-0.3, -0.25) is 4.79 Å². The molecule has 0 saturated heterocycles. The van der Waals surface area contributed by atoms with Gasteiger partial charge in [0, 0.05) is 23.3 Å². The number of rotatable bonds is 4. The van der Waals surface area contributed by atoms with Crippen molar-refractivity contribution >= 4 is 21.8 Å². The summed E-state index contributed by atoms with van der Waals surface area (Å²) >= 11 is 3.35. The highest BCUT2D eigenvalue weighted by Crippen LogP contribution is 2.25. The lowest BCUT2D eigenvalue weighted by atomic mass is 10.1. The molecule has 104 valence electrons. The van der Waals surface area contributed by atoms with Crippen molar-refractivity contribution in [3.63, 3.8) is 0 Å². The summed E-state index contributed by atoms with van der Waals surface area (Å²) in [5.74, 6) is 0.563. The van der Waals surface area contributed by atoms with Gasteiger partial charge >= 0.3 is 0 Å². The maximum absolute atomic E-state index is 12.6. The van der Waals surface area contributed by atoms with E-state index in [0.717, 1.165) is 23.9 Å². The van der Waals surface area contributed by atoms with Crippen LogP contribution in [0.25, 0.3) is 0 Å². The summed E-state index contributed by atoms with van der Waals surface area (Å²) < 4.78 is 0.903. The van der Waals surface area contributed by atoms with E-state index in [4.69, 9.17) is 0 Å². The lowest BCUT2D eigenvalue weighted by Gasteiger charge is -2.30. The van der Waals surface area contributed by atoms with Gasteiger partial charge in [0.2, 0.25) is 0 Å². The molecule has 0 unspecified atom stereocenters. The molecule has 2 rings (SSSR count). The fraction of sp³-hybridized carbons (Fsp3) is 0.600. The Morgan fingerprint density at radius 1 is 1.42 bits per heavy atom. The van der Waals surface area contributed by atoms with Crippen molar-refractivity contribution < 1.29 is 4.79 Å². The van der Waals surface area contributed by atoms with Crippen molar-refractivity contribution in [2.75, 3.05) is 6.54 Å². The number of hydrogen-bond donors (Lipinski definition) is 0. The van der Waals surface area contributed by atoms with Crippen LogP contribution in [0.1, 0.15) is 50.0 Å². The molecular weight excluding hydrogens is 304 g/mol. The van der Waals surface area contributed by atoms with Crippen LogP contribution in [0.4, 0.5) is 0 Å². The highest BCUT2D eigenvalue weighted by Gasteiger charge is 2.28. The highest BCUT2D eigenvalue weighted by molar-refractivity contribution is 9.10. The van der Waals surface area contributed by atoms with Gasteiger partial charge in [0.15, 0.2) is 0 Å². The molecule has 1 aromatic rings. The molecule has 1 aliphatic carbocycles. The third kappa shape index (κ3) is 3.78. The van der Waals surface area contributed by atoms with Crippen LogP contribution in [0.3, 0.4) is 0 Å². The molecule has 1 aliphatic rings. The van der Waals surface area contributed by atoms with Crippen molar-refractivity contribution in [1.29, 1.82) is 0 Å². The molecule has 0 N–H and O–H groups in total. The van der Waals surface area contributed by atoms with E-state index in [9.17, 15) is 4.79 Å². The van der Waals surface area contributed by atoms with E-state index in [-0.39, 0.29) is 5.91 Å². The fourth-order valence-corrected chi connectivity index (χ4v) is 2.89. The number of halogens is 1. The molecule has 1 saturated carbocycles. The summed E-state index contributed by atoms with van der Waals surface area (Å²) in [5, 5.41) is 0. The minimum Gasteiger partial charge on any atom is -0.334 e. The second kappa shape index (κ2) is 6.51. The van der Waals surface area contributed by atoms with E-state index in [1.54, 1.807) is 12.3 Å². The van der Waals surface area contributed by atoms with Crippen molar-refractivity contribution in [3.05, 3.63) is 28.5 Å². The Kier molecular flexibility index (Phi) is 4.97. The second-order valence-corrected chi connectivity index (χ2v) is 6.57. The summed E-state index contributed by atoms with van der Waals surface area (Å²) in [6.07, 6.45) is 6.43. The van der Waals surface area contributed by atoms with Gasteiger partial charge in [-0.15, -0.1) is 0 Å². The maximum atomic E-state index is 12.6. The van der Waals surface area contributed by atoms with Crippen LogP contribution in [0.2, 0.25) is 0 Å². The summed E-state index contributed by atoms with van der Waals surface area (Å²) in [5.41, 5.74) is 0.552. The molecule has 4 heteroatoms. The molecule has 3 nitrogen and oxygen atoms in total. The molecule has 19 heavy (non-hydrogen) atoms. The van der Waals surface area contributed by atoms with E-state index >= 15 is 0 Å². The smallest absolute Gasteiger partial charge is 0.272 e. The van der Waals surface area contributed by atoms with E-state index in [1.165, 1.54) is 12.8 Å². The van der Waals surface area contributed by atoms with E-state index < -0.39 is 0 Å². The monoisotopic (exact) mass is 324 g/mol. The molecule has 0 radical (unpaired) electrons. The van der Waals surface area contributed by atoms with Gasteiger partial charge in [0.05, 0.1) is 0 Å². The van der Waals surface area contributed by atoms with Crippen molar-refractivity contribution in [3.8, 4) is 0 Å².